The van der Waals surface area contributed by atoms with Crippen LogP contribution in [0.1, 0.15) is 28.2 Å². The molecular formula is C28H28N2O4S. The first-order valence-corrected chi connectivity index (χ1v) is 12.7. The van der Waals surface area contributed by atoms with Crippen molar-refractivity contribution in [2.24, 2.45) is 4.99 Å². The van der Waals surface area contributed by atoms with Crippen LogP contribution in [0.3, 0.4) is 0 Å². The summed E-state index contributed by atoms with van der Waals surface area (Å²) in [4.78, 5) is 4.67. The second-order valence-corrected chi connectivity index (χ2v) is 10.3. The molecule has 4 rings (SSSR count). The maximum atomic E-state index is 13.5. The zero-order valence-corrected chi connectivity index (χ0v) is 20.8. The van der Waals surface area contributed by atoms with Crippen molar-refractivity contribution < 1.29 is 17.6 Å². The minimum atomic E-state index is -3.75. The van der Waals surface area contributed by atoms with Crippen LogP contribution >= 0.6 is 0 Å². The third-order valence-electron chi connectivity index (χ3n) is 5.57. The number of benzene rings is 3. The largest absolute Gasteiger partial charge is 0.497 e. The van der Waals surface area contributed by atoms with Gasteiger partial charge in [-0.25, -0.2) is 8.42 Å². The highest BCUT2D eigenvalue weighted by atomic mass is 32.2. The van der Waals surface area contributed by atoms with Crippen LogP contribution < -0.4 is 4.74 Å². The summed E-state index contributed by atoms with van der Waals surface area (Å²) < 4.78 is 39.6. The van der Waals surface area contributed by atoms with E-state index in [2.05, 4.69) is 4.99 Å². The molecule has 0 atom stereocenters. The summed E-state index contributed by atoms with van der Waals surface area (Å²) in [5, 5.41) is 0. The van der Waals surface area contributed by atoms with Crippen molar-refractivity contribution in [2.75, 3.05) is 7.11 Å². The molecule has 0 fully saturated rings. The summed E-state index contributed by atoms with van der Waals surface area (Å²) in [5.74, 6) is 1.83. The van der Waals surface area contributed by atoms with E-state index in [1.807, 2.05) is 62.4 Å². The number of rotatable bonds is 9. The molecule has 0 bridgehead atoms. The number of methoxy groups -OCH3 is 1. The van der Waals surface area contributed by atoms with Gasteiger partial charge in [-0.15, -0.1) is 0 Å². The first kappa shape index (κ1) is 24.4. The van der Waals surface area contributed by atoms with Crippen LogP contribution in [0.4, 0.5) is 5.69 Å². The lowest BCUT2D eigenvalue weighted by Gasteiger charge is -2.21. The smallest absolute Gasteiger partial charge is 0.243 e. The Balaban J connectivity index is 1.57. The molecule has 4 aromatic rings. The molecule has 180 valence electrons. The lowest BCUT2D eigenvalue weighted by molar-refractivity contribution is 0.357. The van der Waals surface area contributed by atoms with Gasteiger partial charge in [0.25, 0.3) is 0 Å². The molecule has 7 heteroatoms. The SMILES string of the molecule is COc1ccc(N=Cc2ccc(CN(Cc3ccc(C)cc3)S(=O)(=O)c3ccc(C)cc3)o2)cc1. The zero-order valence-electron chi connectivity index (χ0n) is 20.0. The predicted octanol–water partition coefficient (Wildman–Crippen LogP) is 6.05. The molecule has 0 spiro atoms. The topological polar surface area (TPSA) is 72.1 Å². The molecule has 0 aliphatic heterocycles. The lowest BCUT2D eigenvalue weighted by atomic mass is 10.1. The molecule has 0 N–H and O–H groups in total. The van der Waals surface area contributed by atoms with Gasteiger partial charge in [0.2, 0.25) is 10.0 Å². The van der Waals surface area contributed by atoms with E-state index in [9.17, 15) is 8.42 Å². The van der Waals surface area contributed by atoms with E-state index >= 15 is 0 Å². The molecule has 0 amide bonds. The third kappa shape index (κ3) is 6.26. The fourth-order valence-electron chi connectivity index (χ4n) is 3.51. The Morgan fingerprint density at radius 2 is 1.46 bits per heavy atom. The van der Waals surface area contributed by atoms with Crippen LogP contribution in [0.15, 0.2) is 99.2 Å². The lowest BCUT2D eigenvalue weighted by Crippen LogP contribution is -2.30. The minimum absolute atomic E-state index is 0.0977. The van der Waals surface area contributed by atoms with Gasteiger partial charge in [0.1, 0.15) is 17.3 Å². The molecule has 0 unspecified atom stereocenters. The molecule has 1 aromatic heterocycles. The number of hydrogen-bond donors (Lipinski definition) is 0. The zero-order chi connectivity index (χ0) is 24.8. The summed E-state index contributed by atoms with van der Waals surface area (Å²) in [7, 11) is -2.13. The molecule has 0 aliphatic rings. The number of ether oxygens (including phenoxy) is 1. The average molecular weight is 489 g/mol. The van der Waals surface area contributed by atoms with Gasteiger partial charge in [0, 0.05) is 6.54 Å². The molecule has 0 radical (unpaired) electrons. The van der Waals surface area contributed by atoms with E-state index in [1.54, 1.807) is 49.7 Å². The number of nitrogens with zero attached hydrogens (tertiary/aromatic N) is 2. The molecule has 3 aromatic carbocycles. The van der Waals surface area contributed by atoms with Crippen molar-refractivity contribution in [1.82, 2.24) is 4.31 Å². The number of furan rings is 1. The molecular weight excluding hydrogens is 460 g/mol. The standard InChI is InChI=1S/C28H28N2O4S/c1-21-4-8-23(9-5-21)19-30(35(31,32)28-16-6-22(2)7-17-28)20-27-15-14-26(34-27)18-29-24-10-12-25(33-3)13-11-24/h4-18H,19-20H2,1-3H3. The fourth-order valence-corrected chi connectivity index (χ4v) is 4.91. The van der Waals surface area contributed by atoms with Gasteiger partial charge in [0.05, 0.1) is 30.5 Å². The van der Waals surface area contributed by atoms with Crippen molar-refractivity contribution >= 4 is 21.9 Å². The molecule has 0 saturated carbocycles. The van der Waals surface area contributed by atoms with Crippen LogP contribution in [0.25, 0.3) is 0 Å². The highest BCUT2D eigenvalue weighted by Gasteiger charge is 2.26. The molecule has 0 saturated heterocycles. The quantitative estimate of drug-likeness (QED) is 0.269. The van der Waals surface area contributed by atoms with Gasteiger partial charge < -0.3 is 9.15 Å². The normalized spacial score (nSPS) is 11.9. The number of hydrogen-bond acceptors (Lipinski definition) is 5. The second kappa shape index (κ2) is 10.7. The summed E-state index contributed by atoms with van der Waals surface area (Å²) in [6.45, 7) is 4.26. The molecule has 35 heavy (non-hydrogen) atoms. The van der Waals surface area contributed by atoms with Crippen LogP contribution in [-0.2, 0) is 23.1 Å². The van der Waals surface area contributed by atoms with Crippen LogP contribution in [0.5, 0.6) is 5.75 Å². The van der Waals surface area contributed by atoms with Crippen LogP contribution in [0.2, 0.25) is 0 Å². The predicted molar refractivity (Wildman–Crippen MR) is 138 cm³/mol. The first-order valence-electron chi connectivity index (χ1n) is 11.2. The van der Waals surface area contributed by atoms with Crippen molar-refractivity contribution in [3.8, 4) is 5.75 Å². The molecule has 6 nitrogen and oxygen atoms in total. The highest BCUT2D eigenvalue weighted by Crippen LogP contribution is 2.23. The summed E-state index contributed by atoms with van der Waals surface area (Å²) in [6.07, 6.45) is 1.62. The molecule has 0 aliphatic carbocycles. The highest BCUT2D eigenvalue weighted by molar-refractivity contribution is 7.89. The van der Waals surface area contributed by atoms with Gasteiger partial charge >= 0.3 is 0 Å². The first-order chi connectivity index (χ1) is 16.8. The Kier molecular flexibility index (Phi) is 7.48. The van der Waals surface area contributed by atoms with Crippen molar-refractivity contribution in [1.29, 1.82) is 0 Å². The second-order valence-electron chi connectivity index (χ2n) is 8.33. The van der Waals surface area contributed by atoms with E-state index in [4.69, 9.17) is 9.15 Å². The van der Waals surface area contributed by atoms with E-state index < -0.39 is 10.0 Å². The average Bonchev–Trinajstić information content (AvgIpc) is 3.31. The van der Waals surface area contributed by atoms with E-state index in [-0.39, 0.29) is 18.0 Å². The maximum absolute atomic E-state index is 13.5. The maximum Gasteiger partial charge on any atom is 0.243 e. The van der Waals surface area contributed by atoms with Crippen molar-refractivity contribution in [3.05, 3.63) is 113 Å². The summed E-state index contributed by atoms with van der Waals surface area (Å²) in [6, 6.07) is 25.7. The Morgan fingerprint density at radius 3 is 2.09 bits per heavy atom. The van der Waals surface area contributed by atoms with Crippen molar-refractivity contribution in [3.63, 3.8) is 0 Å². The molecule has 1 heterocycles. The van der Waals surface area contributed by atoms with Gasteiger partial charge in [0.15, 0.2) is 0 Å². The van der Waals surface area contributed by atoms with Gasteiger partial charge in [-0.2, -0.15) is 4.31 Å². The van der Waals surface area contributed by atoms with Crippen molar-refractivity contribution in [2.45, 2.75) is 31.8 Å². The number of aliphatic imine (C=N–C) groups is 1. The van der Waals surface area contributed by atoms with Crippen LogP contribution in [-0.4, -0.2) is 26.0 Å². The number of sulfonamides is 1. The van der Waals surface area contributed by atoms with E-state index in [1.165, 1.54) is 4.31 Å². The Hall–Kier alpha value is -3.68. The monoisotopic (exact) mass is 488 g/mol. The Labute approximate surface area is 206 Å². The van der Waals surface area contributed by atoms with E-state index in [0.29, 0.717) is 11.5 Å². The van der Waals surface area contributed by atoms with Gasteiger partial charge in [-0.1, -0.05) is 47.5 Å². The summed E-state index contributed by atoms with van der Waals surface area (Å²) >= 11 is 0. The number of aryl methyl sites for hydroxylation is 2. The van der Waals surface area contributed by atoms with Gasteiger partial charge in [-0.05, 0) is 67.9 Å². The van der Waals surface area contributed by atoms with Gasteiger partial charge in [-0.3, -0.25) is 4.99 Å². The van der Waals surface area contributed by atoms with E-state index in [0.717, 1.165) is 28.1 Å². The Bertz CT molecular complexity index is 1390. The van der Waals surface area contributed by atoms with Crippen LogP contribution in [0, 0.1) is 13.8 Å². The Morgan fingerprint density at radius 1 is 0.829 bits per heavy atom. The minimum Gasteiger partial charge on any atom is -0.497 e. The fraction of sp³-hybridized carbons (Fsp3) is 0.179. The summed E-state index contributed by atoms with van der Waals surface area (Å²) in [5.41, 5.74) is 3.78. The third-order valence-corrected chi connectivity index (χ3v) is 7.37.